The molecule has 1 saturated heterocycles. The van der Waals surface area contributed by atoms with Crippen LogP contribution >= 0.6 is 0 Å². The summed E-state index contributed by atoms with van der Waals surface area (Å²) in [7, 11) is 0. The van der Waals surface area contributed by atoms with Crippen molar-refractivity contribution in [3.05, 3.63) is 30.1 Å². The molecule has 2 atom stereocenters. The summed E-state index contributed by atoms with van der Waals surface area (Å²) < 4.78 is 0. The molecule has 1 fully saturated rings. The summed E-state index contributed by atoms with van der Waals surface area (Å²) in [5, 5.41) is 3.67. The first-order valence-electron chi connectivity index (χ1n) is 7.03. The average molecular weight is 247 g/mol. The maximum Gasteiger partial charge on any atom is 0.0271 e. The third-order valence-electron chi connectivity index (χ3n) is 3.96. The quantitative estimate of drug-likeness (QED) is 0.888. The Kier molecular flexibility index (Phi) is 4.72. The molecule has 100 valence electrons. The molecule has 0 amide bonds. The topological polar surface area (TPSA) is 28.2 Å². The third-order valence-corrected chi connectivity index (χ3v) is 3.96. The van der Waals surface area contributed by atoms with Gasteiger partial charge in [-0.25, -0.2) is 0 Å². The minimum atomic E-state index is 0.608. The molecule has 0 bridgehead atoms. The van der Waals surface area contributed by atoms with E-state index in [0.717, 1.165) is 19.6 Å². The second kappa shape index (κ2) is 6.30. The zero-order valence-electron chi connectivity index (χ0n) is 11.8. The van der Waals surface area contributed by atoms with Crippen molar-refractivity contribution in [3.8, 4) is 0 Å². The van der Waals surface area contributed by atoms with Gasteiger partial charge in [-0.2, -0.15) is 0 Å². The molecule has 0 spiro atoms. The maximum atomic E-state index is 4.09. The Bertz CT molecular complexity index is 350. The normalized spacial score (nSPS) is 26.2. The molecular formula is C15H25N3. The van der Waals surface area contributed by atoms with Crippen molar-refractivity contribution in [1.29, 1.82) is 0 Å². The highest BCUT2D eigenvalue weighted by molar-refractivity contribution is 5.09. The van der Waals surface area contributed by atoms with Gasteiger partial charge in [-0.15, -0.1) is 0 Å². The minimum Gasteiger partial charge on any atom is -0.312 e. The highest BCUT2D eigenvalue weighted by Gasteiger charge is 2.24. The second-order valence-electron chi connectivity index (χ2n) is 5.73. The van der Waals surface area contributed by atoms with E-state index in [9.17, 15) is 0 Å². The predicted octanol–water partition coefficient (Wildman–Crippen LogP) is 2.29. The Morgan fingerprint density at radius 3 is 2.78 bits per heavy atom. The standard InChI is InChI=1S/C15H25N3/c1-12(2)15-11-18(13(3)4-9-17-15)10-14-5-7-16-8-6-14/h5-8,12-13,15,17H,4,9-11H2,1-3H3. The van der Waals surface area contributed by atoms with E-state index in [0.29, 0.717) is 18.0 Å². The molecule has 1 N–H and O–H groups in total. The Morgan fingerprint density at radius 1 is 1.39 bits per heavy atom. The molecule has 0 aliphatic carbocycles. The van der Waals surface area contributed by atoms with Crippen LogP contribution in [0.1, 0.15) is 32.8 Å². The molecule has 2 unspecified atom stereocenters. The van der Waals surface area contributed by atoms with E-state index in [2.05, 4.69) is 48.1 Å². The molecule has 0 saturated carbocycles. The number of pyridine rings is 1. The molecule has 1 aliphatic rings. The summed E-state index contributed by atoms with van der Waals surface area (Å²) >= 11 is 0. The van der Waals surface area contributed by atoms with Crippen LogP contribution in [-0.4, -0.2) is 35.1 Å². The van der Waals surface area contributed by atoms with Crippen LogP contribution < -0.4 is 5.32 Å². The van der Waals surface area contributed by atoms with E-state index < -0.39 is 0 Å². The van der Waals surface area contributed by atoms with E-state index in [-0.39, 0.29) is 0 Å². The summed E-state index contributed by atoms with van der Waals surface area (Å²) in [6, 6.07) is 5.50. The van der Waals surface area contributed by atoms with Gasteiger partial charge in [-0.1, -0.05) is 13.8 Å². The van der Waals surface area contributed by atoms with Crippen molar-refractivity contribution < 1.29 is 0 Å². The van der Waals surface area contributed by atoms with Crippen molar-refractivity contribution in [3.63, 3.8) is 0 Å². The van der Waals surface area contributed by atoms with E-state index in [1.54, 1.807) is 0 Å². The molecule has 1 aromatic rings. The Labute approximate surface area is 111 Å². The molecule has 3 nitrogen and oxygen atoms in total. The zero-order valence-corrected chi connectivity index (χ0v) is 11.8. The van der Waals surface area contributed by atoms with Gasteiger partial charge in [0.25, 0.3) is 0 Å². The van der Waals surface area contributed by atoms with E-state index in [1.807, 2.05) is 12.4 Å². The Morgan fingerprint density at radius 2 is 2.11 bits per heavy atom. The maximum absolute atomic E-state index is 4.09. The summed E-state index contributed by atoms with van der Waals surface area (Å²) in [4.78, 5) is 6.69. The summed E-state index contributed by atoms with van der Waals surface area (Å²) in [5.74, 6) is 0.690. The molecule has 1 aliphatic heterocycles. The minimum absolute atomic E-state index is 0.608. The number of hydrogen-bond donors (Lipinski definition) is 1. The van der Waals surface area contributed by atoms with Crippen molar-refractivity contribution in [2.45, 2.75) is 45.8 Å². The molecule has 18 heavy (non-hydrogen) atoms. The highest BCUT2D eigenvalue weighted by atomic mass is 15.2. The lowest BCUT2D eigenvalue weighted by Crippen LogP contribution is -2.42. The van der Waals surface area contributed by atoms with Crippen LogP contribution in [0.3, 0.4) is 0 Å². The third kappa shape index (κ3) is 3.53. The molecule has 0 aromatic carbocycles. The average Bonchev–Trinajstić information content (AvgIpc) is 2.54. The van der Waals surface area contributed by atoms with Crippen molar-refractivity contribution >= 4 is 0 Å². The van der Waals surface area contributed by atoms with Crippen molar-refractivity contribution in [1.82, 2.24) is 15.2 Å². The van der Waals surface area contributed by atoms with Crippen LogP contribution in [0.4, 0.5) is 0 Å². The summed E-state index contributed by atoms with van der Waals surface area (Å²) in [6.45, 7) is 10.3. The summed E-state index contributed by atoms with van der Waals surface area (Å²) in [6.07, 6.45) is 5.00. The van der Waals surface area contributed by atoms with Gasteiger partial charge in [-0.05, 0) is 43.5 Å². The van der Waals surface area contributed by atoms with Crippen LogP contribution in [0.25, 0.3) is 0 Å². The fraction of sp³-hybridized carbons (Fsp3) is 0.667. The molecule has 3 heteroatoms. The van der Waals surface area contributed by atoms with Gasteiger partial charge in [0.05, 0.1) is 0 Å². The van der Waals surface area contributed by atoms with Crippen LogP contribution in [-0.2, 0) is 6.54 Å². The van der Waals surface area contributed by atoms with E-state index >= 15 is 0 Å². The van der Waals surface area contributed by atoms with Crippen LogP contribution in [0.5, 0.6) is 0 Å². The molecule has 0 radical (unpaired) electrons. The molecule has 1 aromatic heterocycles. The molecular weight excluding hydrogens is 222 g/mol. The SMILES string of the molecule is CC(C)C1CN(Cc2ccncc2)C(C)CCN1. The smallest absolute Gasteiger partial charge is 0.0271 e. The van der Waals surface area contributed by atoms with Crippen LogP contribution in [0, 0.1) is 5.92 Å². The number of aromatic nitrogens is 1. The lowest BCUT2D eigenvalue weighted by Gasteiger charge is -2.30. The van der Waals surface area contributed by atoms with Gasteiger partial charge in [0.15, 0.2) is 0 Å². The first kappa shape index (κ1) is 13.5. The van der Waals surface area contributed by atoms with Gasteiger partial charge in [0.1, 0.15) is 0 Å². The van der Waals surface area contributed by atoms with Crippen LogP contribution in [0.2, 0.25) is 0 Å². The Hall–Kier alpha value is -0.930. The number of nitrogens with one attached hydrogen (secondary N) is 1. The first-order valence-corrected chi connectivity index (χ1v) is 7.03. The monoisotopic (exact) mass is 247 g/mol. The lowest BCUT2D eigenvalue weighted by atomic mass is 10.0. The van der Waals surface area contributed by atoms with Crippen molar-refractivity contribution in [2.24, 2.45) is 5.92 Å². The number of nitrogens with zero attached hydrogens (tertiary/aromatic N) is 2. The van der Waals surface area contributed by atoms with E-state index in [1.165, 1.54) is 12.0 Å². The van der Waals surface area contributed by atoms with Crippen LogP contribution in [0.15, 0.2) is 24.5 Å². The fourth-order valence-corrected chi connectivity index (χ4v) is 2.55. The second-order valence-corrected chi connectivity index (χ2v) is 5.73. The van der Waals surface area contributed by atoms with E-state index in [4.69, 9.17) is 0 Å². The first-order chi connectivity index (χ1) is 8.66. The predicted molar refractivity (Wildman–Crippen MR) is 75.4 cm³/mol. The molecule has 2 rings (SSSR count). The van der Waals surface area contributed by atoms with Crippen molar-refractivity contribution in [2.75, 3.05) is 13.1 Å². The van der Waals surface area contributed by atoms with Gasteiger partial charge in [0, 0.05) is 37.6 Å². The van der Waals surface area contributed by atoms with Gasteiger partial charge in [0.2, 0.25) is 0 Å². The molecule has 2 heterocycles. The number of rotatable bonds is 3. The largest absolute Gasteiger partial charge is 0.312 e. The Balaban J connectivity index is 2.03. The van der Waals surface area contributed by atoms with Gasteiger partial charge < -0.3 is 5.32 Å². The fourth-order valence-electron chi connectivity index (χ4n) is 2.55. The van der Waals surface area contributed by atoms with Gasteiger partial charge >= 0.3 is 0 Å². The lowest BCUT2D eigenvalue weighted by molar-refractivity contribution is 0.184. The summed E-state index contributed by atoms with van der Waals surface area (Å²) in [5.41, 5.74) is 1.36. The number of hydrogen-bond acceptors (Lipinski definition) is 3. The zero-order chi connectivity index (χ0) is 13.0. The highest BCUT2D eigenvalue weighted by Crippen LogP contribution is 2.16. The van der Waals surface area contributed by atoms with Gasteiger partial charge in [-0.3, -0.25) is 9.88 Å².